The molecular weight excluding hydrogens is 295 g/mol. The highest BCUT2D eigenvalue weighted by Gasteiger charge is 2.25. The van der Waals surface area contributed by atoms with Crippen molar-refractivity contribution < 1.29 is 14.3 Å². The van der Waals surface area contributed by atoms with E-state index < -0.39 is 11.9 Å². The number of nitrogens with one attached hydrogen (secondary N) is 1. The molecule has 0 fully saturated rings. The van der Waals surface area contributed by atoms with Crippen LogP contribution in [0.1, 0.15) is 22.7 Å². The van der Waals surface area contributed by atoms with Crippen molar-refractivity contribution in [2.45, 2.75) is 19.2 Å². The van der Waals surface area contributed by atoms with E-state index in [1.165, 1.54) is 6.07 Å². The second-order valence-electron chi connectivity index (χ2n) is 5.58. The molecule has 0 bridgehead atoms. The summed E-state index contributed by atoms with van der Waals surface area (Å²) in [6, 6.07) is 12.9. The molecule has 5 heteroatoms. The number of likely N-dealkylation sites (N-methyl/N-ethyl adjacent to an activating group) is 1. The summed E-state index contributed by atoms with van der Waals surface area (Å²) in [6.07, 6.45) is 0. The van der Waals surface area contributed by atoms with Crippen molar-refractivity contribution in [3.63, 3.8) is 0 Å². The van der Waals surface area contributed by atoms with Gasteiger partial charge in [0.25, 0.3) is 0 Å². The Bertz CT molecular complexity index is 656. The van der Waals surface area contributed by atoms with Crippen molar-refractivity contribution in [2.24, 2.45) is 0 Å². The summed E-state index contributed by atoms with van der Waals surface area (Å²) in [6.45, 7) is 0.339. The summed E-state index contributed by atoms with van der Waals surface area (Å²) in [5, 5.41) is 11.9. The molecule has 23 heavy (non-hydrogen) atoms. The number of carbonyl (C=O) groups excluding carboxylic acids is 1. The highest BCUT2D eigenvalue weighted by Crippen LogP contribution is 2.21. The third-order valence-corrected chi connectivity index (χ3v) is 3.64. The Morgan fingerprint density at radius 2 is 1.74 bits per heavy atom. The molecule has 0 radical (unpaired) electrons. The molecule has 0 aromatic heterocycles. The van der Waals surface area contributed by atoms with E-state index in [2.05, 4.69) is 5.32 Å². The minimum absolute atomic E-state index is 0.0113. The van der Waals surface area contributed by atoms with Crippen LogP contribution in [0.2, 0.25) is 0 Å². The van der Waals surface area contributed by atoms with Crippen LogP contribution in [0.25, 0.3) is 0 Å². The van der Waals surface area contributed by atoms with E-state index in [1.807, 2.05) is 24.3 Å². The van der Waals surface area contributed by atoms with E-state index in [-0.39, 0.29) is 12.5 Å². The molecule has 122 valence electrons. The maximum atomic E-state index is 14.0. The molecule has 0 aliphatic carbocycles. The predicted molar refractivity (Wildman–Crippen MR) is 87.0 cm³/mol. The van der Waals surface area contributed by atoms with Gasteiger partial charge in [0, 0.05) is 12.1 Å². The Hall–Kier alpha value is -2.24. The molecule has 0 saturated heterocycles. The fourth-order valence-corrected chi connectivity index (χ4v) is 2.40. The number of hydrogen-bond acceptors (Lipinski definition) is 3. The minimum Gasteiger partial charge on any atom is -0.392 e. The zero-order valence-electron chi connectivity index (χ0n) is 13.3. The summed E-state index contributed by atoms with van der Waals surface area (Å²) in [4.78, 5) is 14.2. The molecule has 2 aromatic rings. The van der Waals surface area contributed by atoms with Gasteiger partial charge in [-0.25, -0.2) is 4.39 Å². The van der Waals surface area contributed by atoms with Crippen LogP contribution in [0.5, 0.6) is 0 Å². The lowest BCUT2D eigenvalue weighted by Crippen LogP contribution is -2.37. The van der Waals surface area contributed by atoms with Gasteiger partial charge in [-0.2, -0.15) is 0 Å². The molecule has 1 atom stereocenters. The van der Waals surface area contributed by atoms with Gasteiger partial charge >= 0.3 is 0 Å². The molecule has 2 aromatic carbocycles. The van der Waals surface area contributed by atoms with E-state index in [9.17, 15) is 9.18 Å². The number of carbonyl (C=O) groups is 1. The van der Waals surface area contributed by atoms with E-state index in [0.717, 1.165) is 11.1 Å². The van der Waals surface area contributed by atoms with E-state index in [4.69, 9.17) is 5.11 Å². The number of aliphatic hydroxyl groups is 1. The highest BCUT2D eigenvalue weighted by atomic mass is 19.1. The monoisotopic (exact) mass is 316 g/mol. The lowest BCUT2D eigenvalue weighted by Gasteiger charge is -2.24. The van der Waals surface area contributed by atoms with Gasteiger partial charge in [-0.05, 0) is 31.3 Å². The number of halogens is 1. The van der Waals surface area contributed by atoms with Crippen molar-refractivity contribution in [1.82, 2.24) is 10.2 Å². The number of nitrogens with zero attached hydrogens (tertiary/aromatic N) is 1. The van der Waals surface area contributed by atoms with Crippen LogP contribution in [-0.2, 0) is 17.9 Å². The Morgan fingerprint density at radius 1 is 1.13 bits per heavy atom. The van der Waals surface area contributed by atoms with Crippen molar-refractivity contribution in [1.29, 1.82) is 0 Å². The second kappa shape index (κ2) is 7.85. The predicted octanol–water partition coefficient (Wildman–Crippen LogP) is 2.24. The molecular formula is C18H21FN2O2. The summed E-state index contributed by atoms with van der Waals surface area (Å²) in [5.74, 6) is -0.653. The van der Waals surface area contributed by atoms with Crippen LogP contribution in [0.15, 0.2) is 48.5 Å². The molecule has 4 nitrogen and oxygen atoms in total. The Balaban J connectivity index is 2.08. The quantitative estimate of drug-likeness (QED) is 0.859. The summed E-state index contributed by atoms with van der Waals surface area (Å²) in [7, 11) is 3.49. The summed E-state index contributed by atoms with van der Waals surface area (Å²) in [5.41, 5.74) is 2.09. The topological polar surface area (TPSA) is 52.6 Å². The highest BCUT2D eigenvalue weighted by molar-refractivity contribution is 5.83. The molecule has 0 aliphatic rings. The van der Waals surface area contributed by atoms with Crippen molar-refractivity contribution in [3.8, 4) is 0 Å². The number of benzene rings is 2. The third kappa shape index (κ3) is 4.37. The normalized spacial score (nSPS) is 12.2. The molecule has 0 spiro atoms. The average Bonchev–Trinajstić information content (AvgIpc) is 2.55. The van der Waals surface area contributed by atoms with Crippen LogP contribution >= 0.6 is 0 Å². The molecule has 2 rings (SSSR count). The SMILES string of the molecule is CN(C)[C@H](C(=O)NCc1ccc(CO)cc1)c1ccccc1F. The Labute approximate surface area is 135 Å². The first-order valence-electron chi connectivity index (χ1n) is 7.40. The van der Waals surface area contributed by atoms with E-state index in [0.29, 0.717) is 12.1 Å². The number of amides is 1. The van der Waals surface area contributed by atoms with Gasteiger partial charge in [0.2, 0.25) is 5.91 Å². The standard InChI is InChI=1S/C18H21FN2O2/c1-21(2)17(15-5-3-4-6-16(15)19)18(23)20-11-13-7-9-14(12-22)10-8-13/h3-10,17,22H,11-12H2,1-2H3,(H,20,23)/t17-/m0/s1. The Morgan fingerprint density at radius 3 is 2.30 bits per heavy atom. The van der Waals surface area contributed by atoms with Crippen LogP contribution in [0.4, 0.5) is 4.39 Å². The zero-order chi connectivity index (χ0) is 16.8. The van der Waals surface area contributed by atoms with E-state index in [1.54, 1.807) is 37.2 Å². The largest absolute Gasteiger partial charge is 0.392 e. The number of hydrogen-bond donors (Lipinski definition) is 2. The first kappa shape index (κ1) is 17.1. The first-order chi connectivity index (χ1) is 11.0. The second-order valence-corrected chi connectivity index (χ2v) is 5.58. The van der Waals surface area contributed by atoms with E-state index >= 15 is 0 Å². The minimum atomic E-state index is -0.687. The van der Waals surface area contributed by atoms with Crippen molar-refractivity contribution in [3.05, 3.63) is 71.0 Å². The van der Waals surface area contributed by atoms with Crippen LogP contribution in [0, 0.1) is 5.82 Å². The van der Waals surface area contributed by atoms with Gasteiger partial charge < -0.3 is 10.4 Å². The molecule has 1 amide bonds. The van der Waals surface area contributed by atoms with Gasteiger partial charge in [0.1, 0.15) is 11.9 Å². The molecule has 0 aliphatic heterocycles. The Kier molecular flexibility index (Phi) is 5.84. The fourth-order valence-electron chi connectivity index (χ4n) is 2.40. The van der Waals surface area contributed by atoms with Crippen LogP contribution < -0.4 is 5.32 Å². The molecule has 0 saturated carbocycles. The zero-order valence-corrected chi connectivity index (χ0v) is 13.3. The van der Waals surface area contributed by atoms with Crippen molar-refractivity contribution >= 4 is 5.91 Å². The molecule has 0 unspecified atom stereocenters. The van der Waals surface area contributed by atoms with Crippen LogP contribution in [0.3, 0.4) is 0 Å². The number of rotatable bonds is 6. The average molecular weight is 316 g/mol. The maximum Gasteiger partial charge on any atom is 0.242 e. The lowest BCUT2D eigenvalue weighted by atomic mass is 10.0. The van der Waals surface area contributed by atoms with Gasteiger partial charge in [0.05, 0.1) is 6.61 Å². The third-order valence-electron chi connectivity index (χ3n) is 3.64. The van der Waals surface area contributed by atoms with Gasteiger partial charge in [-0.3, -0.25) is 9.69 Å². The fraction of sp³-hybridized carbons (Fsp3) is 0.278. The van der Waals surface area contributed by atoms with Crippen molar-refractivity contribution in [2.75, 3.05) is 14.1 Å². The van der Waals surface area contributed by atoms with Gasteiger partial charge in [0.15, 0.2) is 0 Å². The summed E-state index contributed by atoms with van der Waals surface area (Å²) < 4.78 is 14.0. The molecule has 2 N–H and O–H groups in total. The maximum absolute atomic E-state index is 14.0. The number of aliphatic hydroxyl groups excluding tert-OH is 1. The molecule has 0 heterocycles. The van der Waals surface area contributed by atoms with Gasteiger partial charge in [-0.15, -0.1) is 0 Å². The first-order valence-corrected chi connectivity index (χ1v) is 7.40. The smallest absolute Gasteiger partial charge is 0.242 e. The van der Waals surface area contributed by atoms with Crippen LogP contribution in [-0.4, -0.2) is 30.0 Å². The summed E-state index contributed by atoms with van der Waals surface area (Å²) >= 11 is 0. The van der Waals surface area contributed by atoms with Gasteiger partial charge in [-0.1, -0.05) is 42.5 Å². The lowest BCUT2D eigenvalue weighted by molar-refractivity contribution is -0.126.